The van der Waals surface area contributed by atoms with Crippen LogP contribution in [0.25, 0.3) is 23.3 Å². The van der Waals surface area contributed by atoms with E-state index in [1.807, 2.05) is 36.4 Å². The smallest absolute Gasteiger partial charge is 0.330 e. The van der Waals surface area contributed by atoms with Crippen LogP contribution in [0.3, 0.4) is 0 Å². The molecule has 0 aliphatic carbocycles. The average Bonchev–Trinajstić information content (AvgIpc) is 2.91. The highest BCUT2D eigenvalue weighted by Gasteiger charge is 2.17. The van der Waals surface area contributed by atoms with Gasteiger partial charge in [-0.05, 0) is 89.4 Å². The van der Waals surface area contributed by atoms with Gasteiger partial charge in [0.2, 0.25) is 0 Å². The van der Waals surface area contributed by atoms with Crippen LogP contribution in [-0.2, 0) is 9.53 Å². The summed E-state index contributed by atoms with van der Waals surface area (Å²) >= 11 is 6.23. The Balaban J connectivity index is 2.24. The fourth-order valence-corrected chi connectivity index (χ4v) is 4.50. The lowest BCUT2D eigenvalue weighted by atomic mass is 9.84. The van der Waals surface area contributed by atoms with Crippen LogP contribution < -0.4 is 0 Å². The van der Waals surface area contributed by atoms with Crippen molar-refractivity contribution in [2.45, 2.75) is 40.5 Å². The van der Waals surface area contributed by atoms with Crippen molar-refractivity contribution in [3.63, 3.8) is 0 Å². The van der Waals surface area contributed by atoms with E-state index in [0.717, 1.165) is 46.2 Å². The van der Waals surface area contributed by atoms with Gasteiger partial charge >= 0.3 is 5.97 Å². The molecule has 0 aliphatic rings. The molecule has 0 heterocycles. The zero-order chi connectivity index (χ0) is 26.8. The molecule has 3 aromatic rings. The van der Waals surface area contributed by atoms with E-state index < -0.39 is 0 Å². The normalized spacial score (nSPS) is 12.3. The van der Waals surface area contributed by atoms with Gasteiger partial charge in [-0.3, -0.25) is 0 Å². The summed E-state index contributed by atoms with van der Waals surface area (Å²) in [6.07, 6.45) is 6.99. The van der Waals surface area contributed by atoms with Gasteiger partial charge in [0.1, 0.15) is 0 Å². The molecule has 0 N–H and O–H groups in total. The van der Waals surface area contributed by atoms with Crippen molar-refractivity contribution < 1.29 is 9.53 Å². The van der Waals surface area contributed by atoms with Crippen LogP contribution in [0.4, 0.5) is 0 Å². The Morgan fingerprint density at radius 1 is 1.00 bits per heavy atom. The number of ether oxygens (including phenoxy) is 1. The molecule has 0 aliphatic heterocycles. The fourth-order valence-electron chi connectivity index (χ4n) is 4.33. The summed E-state index contributed by atoms with van der Waals surface area (Å²) in [7, 11) is 0. The number of carbonyl (C=O) groups excluding carboxylic acids is 1. The van der Waals surface area contributed by atoms with Gasteiger partial charge in [-0.1, -0.05) is 86.1 Å². The Morgan fingerprint density at radius 3 is 2.35 bits per heavy atom. The first-order chi connectivity index (χ1) is 17.9. The van der Waals surface area contributed by atoms with Crippen LogP contribution in [-0.4, -0.2) is 12.6 Å². The molecule has 0 spiro atoms. The van der Waals surface area contributed by atoms with Crippen molar-refractivity contribution in [1.29, 1.82) is 5.26 Å². The Bertz CT molecular complexity index is 1390. The van der Waals surface area contributed by atoms with Gasteiger partial charge in [0, 0.05) is 11.1 Å². The predicted octanol–water partition coefficient (Wildman–Crippen LogP) is 8.91. The molecular weight excluding hydrogens is 478 g/mol. The third-order valence-corrected chi connectivity index (χ3v) is 6.44. The third kappa shape index (κ3) is 7.09. The van der Waals surface area contributed by atoms with Crippen molar-refractivity contribution >= 4 is 40.9 Å². The molecule has 0 fully saturated rings. The predicted molar refractivity (Wildman–Crippen MR) is 155 cm³/mol. The number of hydrogen-bond donors (Lipinski definition) is 0. The summed E-state index contributed by atoms with van der Waals surface area (Å²) in [5, 5.41) is 10.4. The number of carbonyl (C=O) groups is 1. The van der Waals surface area contributed by atoms with Crippen molar-refractivity contribution in [3.8, 4) is 6.07 Å². The molecule has 3 aromatic carbocycles. The monoisotopic (exact) mass is 509 g/mol. The van der Waals surface area contributed by atoms with Crippen molar-refractivity contribution in [3.05, 3.63) is 117 Å². The topological polar surface area (TPSA) is 50.1 Å². The first-order valence-corrected chi connectivity index (χ1v) is 12.9. The number of esters is 1. The highest BCUT2D eigenvalue weighted by molar-refractivity contribution is 6.30. The second kappa shape index (κ2) is 13.4. The third-order valence-electron chi connectivity index (χ3n) is 6.20. The Morgan fingerprint density at radius 2 is 1.73 bits per heavy atom. The van der Waals surface area contributed by atoms with Gasteiger partial charge in [-0.25, -0.2) is 4.79 Å². The van der Waals surface area contributed by atoms with E-state index in [9.17, 15) is 10.1 Å². The summed E-state index contributed by atoms with van der Waals surface area (Å²) in [5.41, 5.74) is 9.14. The summed E-state index contributed by atoms with van der Waals surface area (Å²) in [4.78, 5) is 11.7. The van der Waals surface area contributed by atoms with Crippen LogP contribution in [0.2, 0.25) is 5.02 Å². The summed E-state index contributed by atoms with van der Waals surface area (Å²) in [6, 6.07) is 24.3. The van der Waals surface area contributed by atoms with Crippen LogP contribution >= 0.6 is 11.6 Å². The lowest BCUT2D eigenvalue weighted by Crippen LogP contribution is -1.99. The largest absolute Gasteiger partial charge is 0.463 e. The van der Waals surface area contributed by atoms with Crippen molar-refractivity contribution in [1.82, 2.24) is 0 Å². The summed E-state index contributed by atoms with van der Waals surface area (Å²) < 4.78 is 4.99. The molecule has 3 nitrogen and oxygen atoms in total. The van der Waals surface area contributed by atoms with Crippen molar-refractivity contribution in [2.24, 2.45) is 0 Å². The number of nitrogens with zero attached hydrogens (tertiary/aromatic N) is 1. The van der Waals surface area contributed by atoms with Crippen LogP contribution in [0.1, 0.15) is 67.0 Å². The van der Waals surface area contributed by atoms with Gasteiger partial charge in [0.15, 0.2) is 0 Å². The van der Waals surface area contributed by atoms with Crippen LogP contribution in [0.15, 0.2) is 78.4 Å². The minimum Gasteiger partial charge on any atom is -0.463 e. The van der Waals surface area contributed by atoms with Gasteiger partial charge in [0.05, 0.1) is 18.2 Å². The Labute approximate surface area is 225 Å². The number of halogens is 1. The molecule has 4 heteroatoms. The molecule has 0 amide bonds. The standard InChI is InChI=1S/C33H32ClNO2/c1-5-25(20-27-11-9-8-10-23(27)4)33(30(6-2)31-18-17-29(34)21-28(31)22-35)26-15-12-24(13-16-26)14-19-32(36)37-7-3/h8-21H,5-7H2,1-4H3/b19-14+,25-20+,33-30-. The number of rotatable bonds is 9. The number of aryl methyl sites for hydroxylation is 1. The molecule has 37 heavy (non-hydrogen) atoms. The first-order valence-electron chi connectivity index (χ1n) is 12.6. The first kappa shape index (κ1) is 27.7. The van der Waals surface area contributed by atoms with E-state index in [1.54, 1.807) is 19.1 Å². The summed E-state index contributed by atoms with van der Waals surface area (Å²) in [6.45, 7) is 8.51. The lowest BCUT2D eigenvalue weighted by Gasteiger charge is -2.20. The van der Waals surface area contributed by atoms with E-state index in [1.165, 1.54) is 17.2 Å². The number of benzene rings is 3. The fraction of sp³-hybridized carbons (Fsp3) is 0.212. The zero-order valence-corrected chi connectivity index (χ0v) is 22.6. The van der Waals surface area contributed by atoms with Gasteiger partial charge in [-0.2, -0.15) is 5.26 Å². The maximum absolute atomic E-state index is 11.7. The highest BCUT2D eigenvalue weighted by atomic mass is 35.5. The Hall–Kier alpha value is -3.87. The molecule has 0 radical (unpaired) electrons. The molecule has 0 bridgehead atoms. The minimum absolute atomic E-state index is 0.346. The van der Waals surface area contributed by atoms with E-state index >= 15 is 0 Å². The molecule has 3 rings (SSSR count). The number of allylic oxidation sites excluding steroid dienone is 3. The molecular formula is C33H32ClNO2. The SMILES string of the molecule is CCOC(=O)/C=C/c1ccc(C(=C(/CC)c2ccc(Cl)cc2C#N)/C(=C/c2ccccc2C)CC)cc1. The Kier molecular flexibility index (Phi) is 10.1. The van der Waals surface area contributed by atoms with Crippen LogP contribution in [0.5, 0.6) is 0 Å². The molecule has 0 unspecified atom stereocenters. The van der Waals surface area contributed by atoms with Gasteiger partial charge in [-0.15, -0.1) is 0 Å². The highest BCUT2D eigenvalue weighted by Crippen LogP contribution is 2.38. The van der Waals surface area contributed by atoms with Gasteiger partial charge < -0.3 is 4.74 Å². The van der Waals surface area contributed by atoms with E-state index in [0.29, 0.717) is 17.2 Å². The maximum Gasteiger partial charge on any atom is 0.330 e. The maximum atomic E-state index is 11.7. The van der Waals surface area contributed by atoms with Gasteiger partial charge in [0.25, 0.3) is 0 Å². The zero-order valence-electron chi connectivity index (χ0n) is 21.8. The quantitative estimate of drug-likeness (QED) is 0.125. The van der Waals surface area contributed by atoms with Crippen LogP contribution in [0, 0.1) is 18.3 Å². The molecule has 0 aromatic heterocycles. The molecule has 0 saturated carbocycles. The average molecular weight is 510 g/mol. The van der Waals surface area contributed by atoms with E-state index in [2.05, 4.69) is 57.2 Å². The van der Waals surface area contributed by atoms with E-state index in [-0.39, 0.29) is 5.97 Å². The lowest BCUT2D eigenvalue weighted by molar-refractivity contribution is -0.137. The van der Waals surface area contributed by atoms with Crippen molar-refractivity contribution in [2.75, 3.05) is 6.61 Å². The second-order valence-corrected chi connectivity index (χ2v) is 9.03. The minimum atomic E-state index is -0.360. The van der Waals surface area contributed by atoms with E-state index in [4.69, 9.17) is 16.3 Å². The molecule has 188 valence electrons. The molecule has 0 saturated heterocycles. The summed E-state index contributed by atoms with van der Waals surface area (Å²) in [5.74, 6) is -0.360. The number of nitriles is 1. The molecule has 0 atom stereocenters. The number of hydrogen-bond acceptors (Lipinski definition) is 3. The second-order valence-electron chi connectivity index (χ2n) is 8.60.